The highest BCUT2D eigenvalue weighted by Gasteiger charge is 2.19. The number of likely N-dealkylation sites (tertiary alicyclic amines) is 1. The Hall–Kier alpha value is -1.80. The number of benzene rings is 1. The molecule has 2 rings (SSSR count). The number of rotatable bonds is 6. The molecule has 0 aliphatic carbocycles. The van der Waals surface area contributed by atoms with Crippen LogP contribution in [-0.2, 0) is 14.3 Å². The molecule has 0 atom stereocenters. The maximum atomic E-state index is 11.9. The van der Waals surface area contributed by atoms with Crippen LogP contribution in [0.1, 0.15) is 19.8 Å². The van der Waals surface area contributed by atoms with E-state index in [-0.39, 0.29) is 12.4 Å². The third kappa shape index (κ3) is 6.49. The molecule has 0 aromatic heterocycles. The van der Waals surface area contributed by atoms with Gasteiger partial charge in [-0.25, -0.2) is 0 Å². The number of esters is 1. The number of nitrogens with one attached hydrogen (secondary N) is 1. The van der Waals surface area contributed by atoms with Crippen LogP contribution in [0.4, 0.5) is 5.69 Å². The Morgan fingerprint density at radius 2 is 2.00 bits per heavy atom. The summed E-state index contributed by atoms with van der Waals surface area (Å²) in [5.74, 6) is 0.500. The first-order valence-corrected chi connectivity index (χ1v) is 9.89. The average molecular weight is 397 g/mol. The fourth-order valence-corrected chi connectivity index (χ4v) is 3.57. The molecule has 6 nitrogen and oxygen atoms in total. The molecule has 0 radical (unpaired) electrons. The van der Waals surface area contributed by atoms with Crippen LogP contribution in [0.5, 0.6) is 5.75 Å². The molecular formula is C18H24N2O4S2. The number of hydrogen-bond acceptors (Lipinski definition) is 6. The third-order valence-electron chi connectivity index (χ3n) is 4.10. The number of piperidine rings is 1. The topological polar surface area (TPSA) is 67.9 Å². The second kappa shape index (κ2) is 10.4. The Morgan fingerprint density at radius 1 is 1.31 bits per heavy atom. The van der Waals surface area contributed by atoms with Crippen LogP contribution in [0.25, 0.3) is 0 Å². The minimum Gasteiger partial charge on any atom is -0.495 e. The highest BCUT2D eigenvalue weighted by molar-refractivity contribution is 8.23. The van der Waals surface area contributed by atoms with Crippen molar-refractivity contribution in [3.63, 3.8) is 0 Å². The molecule has 1 aliphatic heterocycles. The van der Waals surface area contributed by atoms with Crippen molar-refractivity contribution in [3.05, 3.63) is 24.3 Å². The van der Waals surface area contributed by atoms with E-state index in [0.717, 1.165) is 31.8 Å². The Kier molecular flexibility index (Phi) is 8.18. The first-order valence-electron chi connectivity index (χ1n) is 8.49. The van der Waals surface area contributed by atoms with Gasteiger partial charge in [0.1, 0.15) is 10.1 Å². The number of thioether (sulfide) groups is 1. The second-order valence-corrected chi connectivity index (χ2v) is 7.74. The number of carbonyl (C=O) groups excluding carboxylic acids is 2. The van der Waals surface area contributed by atoms with Gasteiger partial charge < -0.3 is 19.7 Å². The van der Waals surface area contributed by atoms with Gasteiger partial charge in [-0.1, -0.05) is 43.0 Å². The highest BCUT2D eigenvalue weighted by Crippen LogP contribution is 2.23. The minimum absolute atomic E-state index is 0.104. The summed E-state index contributed by atoms with van der Waals surface area (Å²) in [6.07, 6.45) is 2.24. The maximum absolute atomic E-state index is 11.9. The summed E-state index contributed by atoms with van der Waals surface area (Å²) < 4.78 is 10.9. The summed E-state index contributed by atoms with van der Waals surface area (Å²) in [5, 5.41) is 2.66. The van der Waals surface area contributed by atoms with Gasteiger partial charge in [-0.05, 0) is 30.9 Å². The SMILES string of the molecule is COc1ccccc1NC(=O)COC(=O)CSC(=S)N1CCC(C)CC1. The summed E-state index contributed by atoms with van der Waals surface area (Å²) in [4.78, 5) is 25.9. The van der Waals surface area contributed by atoms with E-state index in [0.29, 0.717) is 15.8 Å². The molecule has 1 amide bonds. The lowest BCUT2D eigenvalue weighted by molar-refractivity contribution is -0.144. The smallest absolute Gasteiger partial charge is 0.316 e. The van der Waals surface area contributed by atoms with Crippen LogP contribution in [0.2, 0.25) is 0 Å². The van der Waals surface area contributed by atoms with Crippen molar-refractivity contribution in [1.82, 2.24) is 4.90 Å². The first kappa shape index (κ1) is 20.5. The standard InChI is InChI=1S/C18H24N2O4S2/c1-13-7-9-20(10-8-13)18(25)26-12-17(22)24-11-16(21)19-14-5-3-4-6-15(14)23-2/h3-6,13H,7-12H2,1-2H3,(H,19,21). The first-order chi connectivity index (χ1) is 12.5. The van der Waals surface area contributed by atoms with Crippen molar-refractivity contribution in [2.45, 2.75) is 19.8 Å². The third-order valence-corrected chi connectivity index (χ3v) is 5.60. The molecule has 1 aliphatic rings. The number of nitrogens with zero attached hydrogens (tertiary/aromatic N) is 1. The number of hydrogen-bond donors (Lipinski definition) is 1. The summed E-state index contributed by atoms with van der Waals surface area (Å²) >= 11 is 6.65. The van der Waals surface area contributed by atoms with Crippen LogP contribution >= 0.6 is 24.0 Å². The van der Waals surface area contributed by atoms with Crippen molar-refractivity contribution < 1.29 is 19.1 Å². The number of amides is 1. The number of carbonyl (C=O) groups is 2. The van der Waals surface area contributed by atoms with E-state index in [4.69, 9.17) is 21.7 Å². The minimum atomic E-state index is -0.460. The molecule has 0 saturated carbocycles. The molecule has 8 heteroatoms. The number of ether oxygens (including phenoxy) is 2. The zero-order chi connectivity index (χ0) is 18.9. The van der Waals surface area contributed by atoms with Gasteiger partial charge >= 0.3 is 5.97 Å². The van der Waals surface area contributed by atoms with Crippen LogP contribution < -0.4 is 10.1 Å². The van der Waals surface area contributed by atoms with Gasteiger partial charge in [0.2, 0.25) is 0 Å². The lowest BCUT2D eigenvalue weighted by Crippen LogP contribution is -2.36. The normalized spacial score (nSPS) is 14.6. The molecule has 1 saturated heterocycles. The van der Waals surface area contributed by atoms with Crippen molar-refractivity contribution in [2.24, 2.45) is 5.92 Å². The fraction of sp³-hybridized carbons (Fsp3) is 0.500. The maximum Gasteiger partial charge on any atom is 0.316 e. The molecule has 1 aromatic rings. The van der Waals surface area contributed by atoms with Crippen molar-refractivity contribution in [1.29, 1.82) is 0 Å². The summed E-state index contributed by atoms with van der Waals surface area (Å²) in [7, 11) is 1.52. The number of anilines is 1. The lowest BCUT2D eigenvalue weighted by Gasteiger charge is -2.31. The Balaban J connectivity index is 1.68. The van der Waals surface area contributed by atoms with Crippen molar-refractivity contribution in [2.75, 3.05) is 37.9 Å². The van der Waals surface area contributed by atoms with Gasteiger partial charge in [-0.2, -0.15) is 0 Å². The van der Waals surface area contributed by atoms with Crippen LogP contribution in [0, 0.1) is 5.92 Å². The van der Waals surface area contributed by atoms with Gasteiger partial charge in [0.05, 0.1) is 18.6 Å². The van der Waals surface area contributed by atoms with Gasteiger partial charge in [0, 0.05) is 13.1 Å². The van der Waals surface area contributed by atoms with Gasteiger partial charge in [-0.3, -0.25) is 9.59 Å². The number of methoxy groups -OCH3 is 1. The van der Waals surface area contributed by atoms with Gasteiger partial charge in [0.25, 0.3) is 5.91 Å². The molecule has 1 N–H and O–H groups in total. The van der Waals surface area contributed by atoms with E-state index in [1.165, 1.54) is 18.9 Å². The summed E-state index contributed by atoms with van der Waals surface area (Å²) in [6.45, 7) is 3.76. The molecule has 142 valence electrons. The molecule has 0 unspecified atom stereocenters. The average Bonchev–Trinajstić information content (AvgIpc) is 2.65. The molecule has 0 bridgehead atoms. The van der Waals surface area contributed by atoms with E-state index in [1.54, 1.807) is 24.3 Å². The van der Waals surface area contributed by atoms with Crippen LogP contribution in [-0.4, -0.2) is 53.7 Å². The lowest BCUT2D eigenvalue weighted by atomic mass is 10.00. The predicted molar refractivity (Wildman–Crippen MR) is 108 cm³/mol. The van der Waals surface area contributed by atoms with E-state index in [9.17, 15) is 9.59 Å². The molecule has 26 heavy (non-hydrogen) atoms. The van der Waals surface area contributed by atoms with E-state index < -0.39 is 11.9 Å². The molecule has 0 spiro atoms. The quantitative estimate of drug-likeness (QED) is 0.586. The van der Waals surface area contributed by atoms with Gasteiger partial charge in [-0.15, -0.1) is 0 Å². The Morgan fingerprint density at radius 3 is 2.69 bits per heavy atom. The zero-order valence-corrected chi connectivity index (χ0v) is 16.7. The van der Waals surface area contributed by atoms with Crippen molar-refractivity contribution >= 4 is 45.9 Å². The fourth-order valence-electron chi connectivity index (χ4n) is 2.53. The van der Waals surface area contributed by atoms with E-state index >= 15 is 0 Å². The van der Waals surface area contributed by atoms with Crippen LogP contribution in [0.15, 0.2) is 24.3 Å². The van der Waals surface area contributed by atoms with Crippen molar-refractivity contribution in [3.8, 4) is 5.75 Å². The molecule has 1 aromatic carbocycles. The zero-order valence-electron chi connectivity index (χ0n) is 15.0. The Labute approximate surface area is 163 Å². The van der Waals surface area contributed by atoms with E-state index in [1.807, 2.05) is 0 Å². The molecule has 1 heterocycles. The Bertz CT molecular complexity index is 646. The van der Waals surface area contributed by atoms with Gasteiger partial charge in [0.15, 0.2) is 6.61 Å². The van der Waals surface area contributed by atoms with E-state index in [2.05, 4.69) is 17.1 Å². The predicted octanol–water partition coefficient (Wildman–Crippen LogP) is 2.93. The summed E-state index contributed by atoms with van der Waals surface area (Å²) in [5.41, 5.74) is 0.533. The monoisotopic (exact) mass is 396 g/mol. The number of para-hydroxylation sites is 2. The summed E-state index contributed by atoms with van der Waals surface area (Å²) in [6, 6.07) is 7.04. The number of thiocarbonyl (C=S) groups is 1. The second-order valence-electron chi connectivity index (χ2n) is 6.13. The highest BCUT2D eigenvalue weighted by atomic mass is 32.2. The largest absolute Gasteiger partial charge is 0.495 e. The van der Waals surface area contributed by atoms with Crippen LogP contribution in [0.3, 0.4) is 0 Å². The molecule has 1 fully saturated rings. The molecular weight excluding hydrogens is 372 g/mol.